The number of hydrogen-bond acceptors (Lipinski definition) is 5. The van der Waals surface area contributed by atoms with Gasteiger partial charge in [0.05, 0.1) is 5.69 Å². The van der Waals surface area contributed by atoms with E-state index in [0.29, 0.717) is 11.7 Å². The van der Waals surface area contributed by atoms with Crippen molar-refractivity contribution in [3.05, 3.63) is 76.7 Å². The van der Waals surface area contributed by atoms with Crippen molar-refractivity contribution in [1.82, 2.24) is 24.8 Å². The van der Waals surface area contributed by atoms with Crippen LogP contribution in [0.25, 0.3) is 11.4 Å². The highest BCUT2D eigenvalue weighted by Crippen LogP contribution is 2.27. The molecule has 1 saturated heterocycles. The molecule has 0 radical (unpaired) electrons. The number of nitrogens with zero attached hydrogens (tertiary/aromatic N) is 4. The summed E-state index contributed by atoms with van der Waals surface area (Å²) in [5.41, 5.74) is 2.90. The van der Waals surface area contributed by atoms with Crippen LogP contribution in [0, 0.1) is 0 Å². The maximum absolute atomic E-state index is 12.1. The molecular formula is C20H21N5O. The number of pyridine rings is 2. The maximum Gasteiger partial charge on any atom is 0.251 e. The summed E-state index contributed by atoms with van der Waals surface area (Å²) in [5.74, 6) is 0.918. The number of nitrogens with one attached hydrogen (secondary N) is 1. The molecule has 0 aliphatic carbocycles. The second kappa shape index (κ2) is 7.58. The summed E-state index contributed by atoms with van der Waals surface area (Å²) in [6, 6.07) is 9.52. The Labute approximate surface area is 152 Å². The average Bonchev–Trinajstić information content (AvgIpc) is 2.70. The van der Waals surface area contributed by atoms with Gasteiger partial charge in [-0.15, -0.1) is 0 Å². The smallest absolute Gasteiger partial charge is 0.251 e. The highest BCUT2D eigenvalue weighted by atomic mass is 16.1. The van der Waals surface area contributed by atoms with E-state index in [1.165, 1.54) is 5.56 Å². The molecule has 0 amide bonds. The molecule has 6 nitrogen and oxygen atoms in total. The van der Waals surface area contributed by atoms with Gasteiger partial charge >= 0.3 is 0 Å². The Morgan fingerprint density at radius 3 is 2.62 bits per heavy atom. The molecule has 0 atom stereocenters. The van der Waals surface area contributed by atoms with Crippen LogP contribution < -0.4 is 5.56 Å². The first kappa shape index (κ1) is 16.6. The van der Waals surface area contributed by atoms with Gasteiger partial charge in [0.1, 0.15) is 5.82 Å². The van der Waals surface area contributed by atoms with Crippen LogP contribution in [0.5, 0.6) is 0 Å². The van der Waals surface area contributed by atoms with Crippen molar-refractivity contribution >= 4 is 0 Å². The van der Waals surface area contributed by atoms with Crippen LogP contribution in [0.1, 0.15) is 30.0 Å². The van der Waals surface area contributed by atoms with Gasteiger partial charge in [0.15, 0.2) is 0 Å². The fourth-order valence-corrected chi connectivity index (χ4v) is 3.46. The average molecular weight is 347 g/mol. The molecule has 3 aromatic rings. The Morgan fingerprint density at radius 2 is 1.88 bits per heavy atom. The van der Waals surface area contributed by atoms with Crippen LogP contribution in [-0.4, -0.2) is 37.9 Å². The van der Waals surface area contributed by atoms with Crippen molar-refractivity contribution in [1.29, 1.82) is 0 Å². The maximum atomic E-state index is 12.1. The van der Waals surface area contributed by atoms with E-state index in [9.17, 15) is 4.79 Å². The van der Waals surface area contributed by atoms with Crippen LogP contribution >= 0.6 is 0 Å². The minimum atomic E-state index is -0.104. The van der Waals surface area contributed by atoms with Gasteiger partial charge in [-0.1, -0.05) is 0 Å². The summed E-state index contributed by atoms with van der Waals surface area (Å²) in [6.45, 7) is 2.95. The standard InChI is InChI=1S/C20H21N5O/c26-19-12-18(23-20(24-19)17-2-1-7-22-13-17)16-5-10-25(11-6-16)14-15-3-8-21-9-4-15/h1-4,7-9,12-13,16H,5-6,10-11,14H2,(H,23,24,26). The van der Waals surface area contributed by atoms with E-state index in [-0.39, 0.29) is 5.56 Å². The number of H-pyrrole nitrogens is 1. The Hall–Kier alpha value is -2.86. The second-order valence-electron chi connectivity index (χ2n) is 6.67. The van der Waals surface area contributed by atoms with Crippen LogP contribution in [0.2, 0.25) is 0 Å². The highest BCUT2D eigenvalue weighted by Gasteiger charge is 2.22. The van der Waals surface area contributed by atoms with E-state index in [4.69, 9.17) is 4.98 Å². The lowest BCUT2D eigenvalue weighted by Gasteiger charge is -2.31. The Kier molecular flexibility index (Phi) is 4.84. The third kappa shape index (κ3) is 3.86. The van der Waals surface area contributed by atoms with Crippen LogP contribution in [0.4, 0.5) is 0 Å². The van der Waals surface area contributed by atoms with Crippen LogP contribution in [0.3, 0.4) is 0 Å². The molecule has 1 fully saturated rings. The van der Waals surface area contributed by atoms with E-state index in [2.05, 4.69) is 32.0 Å². The molecule has 0 bridgehead atoms. The minimum Gasteiger partial charge on any atom is -0.306 e. The van der Waals surface area contributed by atoms with Crippen molar-refractivity contribution in [2.75, 3.05) is 13.1 Å². The molecule has 6 heteroatoms. The fraction of sp³-hybridized carbons (Fsp3) is 0.300. The van der Waals surface area contributed by atoms with Crippen LogP contribution in [-0.2, 0) is 6.54 Å². The molecule has 0 saturated carbocycles. The fourth-order valence-electron chi connectivity index (χ4n) is 3.46. The zero-order valence-corrected chi connectivity index (χ0v) is 14.5. The number of rotatable bonds is 4. The number of aromatic amines is 1. The third-order valence-electron chi connectivity index (χ3n) is 4.86. The van der Waals surface area contributed by atoms with Crippen molar-refractivity contribution in [2.24, 2.45) is 0 Å². The van der Waals surface area contributed by atoms with Gasteiger partial charge in [-0.2, -0.15) is 0 Å². The molecule has 0 spiro atoms. The van der Waals surface area contributed by atoms with Crippen LogP contribution in [0.15, 0.2) is 59.9 Å². The molecule has 4 rings (SSSR count). The molecule has 132 valence electrons. The monoisotopic (exact) mass is 347 g/mol. The summed E-state index contributed by atoms with van der Waals surface area (Å²) in [4.78, 5) is 30.3. The number of piperidine rings is 1. The summed E-state index contributed by atoms with van der Waals surface area (Å²) in [5, 5.41) is 0. The van der Waals surface area contributed by atoms with E-state index in [1.54, 1.807) is 18.5 Å². The summed E-state index contributed by atoms with van der Waals surface area (Å²) >= 11 is 0. The summed E-state index contributed by atoms with van der Waals surface area (Å²) < 4.78 is 0. The molecule has 4 heterocycles. The Bertz CT molecular complexity index is 902. The second-order valence-corrected chi connectivity index (χ2v) is 6.67. The van der Waals surface area contributed by atoms with E-state index < -0.39 is 0 Å². The van der Waals surface area contributed by atoms with Crippen molar-refractivity contribution < 1.29 is 0 Å². The van der Waals surface area contributed by atoms with E-state index in [0.717, 1.165) is 43.7 Å². The first-order valence-electron chi connectivity index (χ1n) is 8.91. The molecule has 3 aromatic heterocycles. The van der Waals surface area contributed by atoms with Crippen molar-refractivity contribution in [3.63, 3.8) is 0 Å². The highest BCUT2D eigenvalue weighted by molar-refractivity contribution is 5.52. The Morgan fingerprint density at radius 1 is 1.08 bits per heavy atom. The first-order valence-corrected chi connectivity index (χ1v) is 8.91. The Balaban J connectivity index is 1.46. The normalized spacial score (nSPS) is 15.8. The predicted molar refractivity (Wildman–Crippen MR) is 99.6 cm³/mol. The molecule has 1 N–H and O–H groups in total. The lowest BCUT2D eigenvalue weighted by molar-refractivity contribution is 0.203. The summed E-state index contributed by atoms with van der Waals surface area (Å²) in [6.07, 6.45) is 9.12. The predicted octanol–water partition coefficient (Wildman–Crippen LogP) is 2.61. The lowest BCUT2D eigenvalue weighted by atomic mass is 9.93. The van der Waals surface area contributed by atoms with Gasteiger partial charge < -0.3 is 4.98 Å². The quantitative estimate of drug-likeness (QED) is 0.785. The first-order chi connectivity index (χ1) is 12.8. The zero-order valence-electron chi connectivity index (χ0n) is 14.5. The van der Waals surface area contributed by atoms with E-state index in [1.807, 2.05) is 24.5 Å². The van der Waals surface area contributed by atoms with Gasteiger partial charge in [-0.25, -0.2) is 4.98 Å². The van der Waals surface area contributed by atoms with Gasteiger partial charge in [-0.05, 0) is 55.8 Å². The zero-order chi connectivity index (χ0) is 17.8. The van der Waals surface area contributed by atoms with Crippen molar-refractivity contribution in [2.45, 2.75) is 25.3 Å². The van der Waals surface area contributed by atoms with Gasteiger partial charge in [-0.3, -0.25) is 19.7 Å². The van der Waals surface area contributed by atoms with Gasteiger partial charge in [0.25, 0.3) is 5.56 Å². The van der Waals surface area contributed by atoms with Gasteiger partial charge in [0, 0.05) is 48.9 Å². The largest absolute Gasteiger partial charge is 0.306 e. The van der Waals surface area contributed by atoms with Gasteiger partial charge in [0.2, 0.25) is 0 Å². The minimum absolute atomic E-state index is 0.104. The number of aromatic nitrogens is 4. The third-order valence-corrected chi connectivity index (χ3v) is 4.86. The molecule has 0 unspecified atom stereocenters. The lowest BCUT2D eigenvalue weighted by Crippen LogP contribution is -2.33. The SMILES string of the molecule is O=c1cc(C2CCN(Cc3ccncc3)CC2)nc(-c2cccnc2)[nH]1. The molecular weight excluding hydrogens is 326 g/mol. The summed E-state index contributed by atoms with van der Waals surface area (Å²) in [7, 11) is 0. The molecule has 26 heavy (non-hydrogen) atoms. The van der Waals surface area contributed by atoms with Crippen molar-refractivity contribution in [3.8, 4) is 11.4 Å². The topological polar surface area (TPSA) is 74.8 Å². The van der Waals surface area contributed by atoms with E-state index >= 15 is 0 Å². The molecule has 0 aromatic carbocycles. The number of hydrogen-bond donors (Lipinski definition) is 1. The molecule has 1 aliphatic heterocycles. The molecule has 1 aliphatic rings. The number of likely N-dealkylation sites (tertiary alicyclic amines) is 1.